The summed E-state index contributed by atoms with van der Waals surface area (Å²) in [7, 11) is 0. The molecule has 1 fully saturated rings. The molecular weight excluding hydrogens is 350 g/mol. The molecule has 0 bridgehead atoms. The number of nitrogens with zero attached hydrogens (tertiary/aromatic N) is 5. The Morgan fingerprint density at radius 3 is 2.46 bits per heavy atom. The van der Waals surface area contributed by atoms with Crippen LogP contribution in [0.4, 0.5) is 11.9 Å². The molecular formula is C21H29N7. The van der Waals surface area contributed by atoms with Crippen molar-refractivity contribution < 1.29 is 0 Å². The number of fused-ring (bicyclic) bond motifs is 1. The van der Waals surface area contributed by atoms with E-state index in [-0.39, 0.29) is 12.1 Å². The second-order valence-electron chi connectivity index (χ2n) is 7.94. The van der Waals surface area contributed by atoms with Crippen LogP contribution < -0.4 is 16.0 Å². The first-order valence-electron chi connectivity index (χ1n) is 10.1. The highest BCUT2D eigenvalue weighted by Crippen LogP contribution is 2.26. The van der Waals surface area contributed by atoms with Crippen LogP contribution in [0.1, 0.15) is 56.7 Å². The maximum absolute atomic E-state index is 6.08. The Morgan fingerprint density at radius 2 is 1.79 bits per heavy atom. The highest BCUT2D eigenvalue weighted by Gasteiger charge is 2.22. The standard InChI is InChI=1S/C21H29N7/c1-14(2)18-13-23-28-19(18)25-20(27-11-9-17(22)10-12-27)26-21(28)24-15(3)16-7-5-4-6-8-16/h4-8,13-15,17H,9-12,22H2,1-3H3,(H,24,25,26)/t15-/m0/s1. The summed E-state index contributed by atoms with van der Waals surface area (Å²) < 4.78 is 1.83. The Bertz CT molecular complexity index is 927. The maximum atomic E-state index is 6.08. The Kier molecular flexibility index (Phi) is 5.17. The summed E-state index contributed by atoms with van der Waals surface area (Å²) in [6.45, 7) is 8.23. The van der Waals surface area contributed by atoms with Crippen molar-refractivity contribution in [3.8, 4) is 0 Å². The molecule has 1 saturated heterocycles. The number of hydrogen-bond donors (Lipinski definition) is 2. The third-order valence-corrected chi connectivity index (χ3v) is 5.47. The normalized spacial score (nSPS) is 16.7. The second kappa shape index (κ2) is 7.75. The number of hydrogen-bond acceptors (Lipinski definition) is 6. The second-order valence-corrected chi connectivity index (χ2v) is 7.94. The van der Waals surface area contributed by atoms with E-state index in [0.29, 0.717) is 5.92 Å². The predicted octanol–water partition coefficient (Wildman–Crippen LogP) is 3.35. The SMILES string of the molecule is CC(C)c1cnn2c(N[C@@H](C)c3ccccc3)nc(N3CCC(N)CC3)nc12. The van der Waals surface area contributed by atoms with Gasteiger partial charge >= 0.3 is 0 Å². The lowest BCUT2D eigenvalue weighted by Gasteiger charge is -2.30. The zero-order chi connectivity index (χ0) is 19.7. The number of piperidine rings is 1. The lowest BCUT2D eigenvalue weighted by molar-refractivity contribution is 0.495. The molecule has 3 heterocycles. The Morgan fingerprint density at radius 1 is 1.07 bits per heavy atom. The number of nitrogens with one attached hydrogen (secondary N) is 1. The first kappa shape index (κ1) is 18.7. The van der Waals surface area contributed by atoms with Crippen molar-refractivity contribution in [2.45, 2.75) is 51.6 Å². The fraction of sp³-hybridized carbons (Fsp3) is 0.476. The quantitative estimate of drug-likeness (QED) is 0.707. The van der Waals surface area contributed by atoms with Crippen LogP contribution in [0.15, 0.2) is 36.5 Å². The van der Waals surface area contributed by atoms with Crippen LogP contribution in [0.25, 0.3) is 5.65 Å². The number of rotatable bonds is 5. The zero-order valence-electron chi connectivity index (χ0n) is 16.8. The summed E-state index contributed by atoms with van der Waals surface area (Å²) in [6.07, 6.45) is 3.84. The third-order valence-electron chi connectivity index (χ3n) is 5.47. The lowest BCUT2D eigenvalue weighted by atomic mass is 10.1. The highest BCUT2D eigenvalue weighted by molar-refractivity contribution is 5.56. The van der Waals surface area contributed by atoms with Crippen molar-refractivity contribution >= 4 is 17.5 Å². The zero-order valence-corrected chi connectivity index (χ0v) is 16.8. The fourth-order valence-electron chi connectivity index (χ4n) is 3.64. The van der Waals surface area contributed by atoms with E-state index in [4.69, 9.17) is 15.7 Å². The van der Waals surface area contributed by atoms with Crippen molar-refractivity contribution in [2.75, 3.05) is 23.3 Å². The largest absolute Gasteiger partial charge is 0.348 e. The number of benzene rings is 1. The lowest BCUT2D eigenvalue weighted by Crippen LogP contribution is -2.40. The van der Waals surface area contributed by atoms with Crippen molar-refractivity contribution in [3.05, 3.63) is 47.7 Å². The molecule has 1 aromatic carbocycles. The van der Waals surface area contributed by atoms with Crippen LogP contribution in [0.5, 0.6) is 0 Å². The molecule has 3 N–H and O–H groups in total. The van der Waals surface area contributed by atoms with E-state index in [9.17, 15) is 0 Å². The average molecular weight is 380 g/mol. The first-order valence-corrected chi connectivity index (χ1v) is 10.1. The van der Waals surface area contributed by atoms with Gasteiger partial charge in [-0.2, -0.15) is 19.6 Å². The van der Waals surface area contributed by atoms with E-state index in [1.54, 1.807) is 0 Å². The minimum Gasteiger partial charge on any atom is -0.348 e. The molecule has 2 aromatic heterocycles. The van der Waals surface area contributed by atoms with Crippen molar-refractivity contribution in [1.29, 1.82) is 0 Å². The molecule has 0 unspecified atom stereocenters. The number of nitrogens with two attached hydrogens (primary N) is 1. The Hall–Kier alpha value is -2.67. The van der Waals surface area contributed by atoms with Gasteiger partial charge in [0.15, 0.2) is 5.65 Å². The maximum Gasteiger partial charge on any atom is 0.230 e. The van der Waals surface area contributed by atoms with Crippen molar-refractivity contribution in [3.63, 3.8) is 0 Å². The van der Waals surface area contributed by atoms with Crippen LogP contribution >= 0.6 is 0 Å². The topological polar surface area (TPSA) is 84.4 Å². The fourth-order valence-corrected chi connectivity index (χ4v) is 3.64. The molecule has 0 radical (unpaired) electrons. The Labute approximate surface area is 166 Å². The molecule has 7 heteroatoms. The number of anilines is 2. The van der Waals surface area contributed by atoms with E-state index in [1.165, 1.54) is 5.56 Å². The number of aromatic nitrogens is 4. The van der Waals surface area contributed by atoms with Gasteiger partial charge in [0.2, 0.25) is 11.9 Å². The van der Waals surface area contributed by atoms with Gasteiger partial charge in [0, 0.05) is 24.7 Å². The molecule has 3 aromatic rings. The average Bonchev–Trinajstić information content (AvgIpc) is 3.14. The van der Waals surface area contributed by atoms with Crippen molar-refractivity contribution in [1.82, 2.24) is 19.6 Å². The van der Waals surface area contributed by atoms with Gasteiger partial charge in [0.05, 0.1) is 12.2 Å². The molecule has 4 rings (SSSR count). The van der Waals surface area contributed by atoms with E-state index >= 15 is 0 Å². The van der Waals surface area contributed by atoms with Gasteiger partial charge in [0.1, 0.15) is 0 Å². The van der Waals surface area contributed by atoms with E-state index in [0.717, 1.165) is 49.0 Å². The van der Waals surface area contributed by atoms with E-state index in [1.807, 2.05) is 16.8 Å². The van der Waals surface area contributed by atoms with Gasteiger partial charge in [-0.15, -0.1) is 0 Å². The molecule has 1 atom stereocenters. The predicted molar refractivity (Wildman–Crippen MR) is 113 cm³/mol. The van der Waals surface area contributed by atoms with Crippen LogP contribution in [-0.2, 0) is 0 Å². The highest BCUT2D eigenvalue weighted by atomic mass is 15.4. The summed E-state index contributed by atoms with van der Waals surface area (Å²) in [6, 6.07) is 10.7. The third kappa shape index (κ3) is 3.67. The summed E-state index contributed by atoms with van der Waals surface area (Å²) >= 11 is 0. The van der Waals surface area contributed by atoms with E-state index in [2.05, 4.69) is 60.4 Å². The molecule has 28 heavy (non-hydrogen) atoms. The van der Waals surface area contributed by atoms with Gasteiger partial charge in [-0.1, -0.05) is 44.2 Å². The molecule has 0 saturated carbocycles. The van der Waals surface area contributed by atoms with Crippen molar-refractivity contribution in [2.24, 2.45) is 5.73 Å². The van der Waals surface area contributed by atoms with Gasteiger partial charge in [-0.05, 0) is 31.2 Å². The van der Waals surface area contributed by atoms with Crippen LogP contribution in [0.3, 0.4) is 0 Å². The van der Waals surface area contributed by atoms with Crippen LogP contribution in [0.2, 0.25) is 0 Å². The molecule has 0 amide bonds. The molecule has 1 aliphatic heterocycles. The minimum absolute atomic E-state index is 0.105. The summed E-state index contributed by atoms with van der Waals surface area (Å²) in [4.78, 5) is 12.0. The van der Waals surface area contributed by atoms with Gasteiger partial charge in [-0.25, -0.2) is 0 Å². The molecule has 1 aliphatic rings. The monoisotopic (exact) mass is 379 g/mol. The molecule has 0 aliphatic carbocycles. The van der Waals surface area contributed by atoms with Crippen LogP contribution in [-0.4, -0.2) is 38.7 Å². The van der Waals surface area contributed by atoms with Gasteiger partial charge < -0.3 is 16.0 Å². The van der Waals surface area contributed by atoms with Gasteiger partial charge in [0.25, 0.3) is 0 Å². The van der Waals surface area contributed by atoms with Crippen LogP contribution in [0, 0.1) is 0 Å². The van der Waals surface area contributed by atoms with E-state index < -0.39 is 0 Å². The molecule has 0 spiro atoms. The summed E-state index contributed by atoms with van der Waals surface area (Å²) in [5.41, 5.74) is 9.29. The Balaban J connectivity index is 1.73. The first-order chi connectivity index (χ1) is 13.5. The summed E-state index contributed by atoms with van der Waals surface area (Å²) in [5, 5.41) is 8.12. The minimum atomic E-state index is 0.105. The smallest absolute Gasteiger partial charge is 0.230 e. The van der Waals surface area contributed by atoms with Gasteiger partial charge in [-0.3, -0.25) is 0 Å². The summed E-state index contributed by atoms with van der Waals surface area (Å²) in [5.74, 6) is 1.82. The molecule has 7 nitrogen and oxygen atoms in total. The molecule has 148 valence electrons.